The van der Waals surface area contributed by atoms with Crippen molar-refractivity contribution in [3.63, 3.8) is 0 Å². The third-order valence-electron chi connectivity index (χ3n) is 2.03. The third kappa shape index (κ3) is 13.0. The highest BCUT2D eigenvalue weighted by Crippen LogP contribution is 2.07. The second-order valence-electron chi connectivity index (χ2n) is 3.76. The first-order valence-electron chi connectivity index (χ1n) is 6.52. The van der Waals surface area contributed by atoms with E-state index in [1.54, 1.807) is 0 Å². The van der Waals surface area contributed by atoms with E-state index in [4.69, 9.17) is 25.5 Å². The van der Waals surface area contributed by atoms with Crippen LogP contribution in [0.4, 0.5) is 0 Å². The average Bonchev–Trinajstić information content (AvgIpc) is 2.56. The van der Waals surface area contributed by atoms with Crippen LogP contribution >= 0.6 is 0 Å². The van der Waals surface area contributed by atoms with E-state index in [1.807, 2.05) is 0 Å². The van der Waals surface area contributed by atoms with E-state index in [0.29, 0.717) is 13.2 Å². The Morgan fingerprint density at radius 3 is 1.46 bits per heavy atom. The SMILES string of the molecule is C=CC(=O)O.O=C(O)c1ccccc1C(=O)O.OCCOCCO. The van der Waals surface area contributed by atoms with Gasteiger partial charge in [-0.15, -0.1) is 0 Å². The smallest absolute Gasteiger partial charge is 0.336 e. The monoisotopic (exact) mass is 344 g/mol. The summed E-state index contributed by atoms with van der Waals surface area (Å²) in [4.78, 5) is 30.2. The summed E-state index contributed by atoms with van der Waals surface area (Å²) >= 11 is 0. The number of carbonyl (C=O) groups is 3. The number of aliphatic hydroxyl groups excluding tert-OH is 2. The Morgan fingerprint density at radius 1 is 0.917 bits per heavy atom. The molecule has 0 aliphatic rings. The number of carboxylic acids is 3. The Bertz CT molecular complexity index is 488. The molecule has 0 bridgehead atoms. The summed E-state index contributed by atoms with van der Waals surface area (Å²) in [5, 5.41) is 40.9. The van der Waals surface area contributed by atoms with Gasteiger partial charge < -0.3 is 30.3 Å². The van der Waals surface area contributed by atoms with Gasteiger partial charge in [0, 0.05) is 6.08 Å². The summed E-state index contributed by atoms with van der Waals surface area (Å²) in [6.07, 6.45) is 0.833. The molecule has 5 N–H and O–H groups in total. The van der Waals surface area contributed by atoms with Crippen LogP contribution in [0.1, 0.15) is 20.7 Å². The van der Waals surface area contributed by atoms with Crippen LogP contribution in [-0.4, -0.2) is 69.9 Å². The van der Waals surface area contributed by atoms with Gasteiger partial charge in [0.2, 0.25) is 0 Å². The largest absolute Gasteiger partial charge is 0.478 e. The zero-order chi connectivity index (χ0) is 19.0. The van der Waals surface area contributed by atoms with Gasteiger partial charge in [0.1, 0.15) is 0 Å². The van der Waals surface area contributed by atoms with Crippen molar-refractivity contribution in [3.8, 4) is 0 Å². The lowest BCUT2D eigenvalue weighted by Gasteiger charge is -1.98. The summed E-state index contributed by atoms with van der Waals surface area (Å²) < 4.78 is 4.63. The van der Waals surface area contributed by atoms with E-state index in [-0.39, 0.29) is 24.3 Å². The Balaban J connectivity index is 0. The van der Waals surface area contributed by atoms with Crippen molar-refractivity contribution in [2.75, 3.05) is 26.4 Å². The minimum atomic E-state index is -1.23. The molecule has 0 aromatic heterocycles. The highest BCUT2D eigenvalue weighted by Gasteiger charge is 2.13. The first-order valence-corrected chi connectivity index (χ1v) is 6.52. The fourth-order valence-corrected chi connectivity index (χ4v) is 1.09. The molecule has 0 heterocycles. The van der Waals surface area contributed by atoms with Gasteiger partial charge >= 0.3 is 17.9 Å². The number of hydrogen-bond donors (Lipinski definition) is 5. The molecule has 0 saturated carbocycles. The minimum absolute atomic E-state index is 0.0278. The van der Waals surface area contributed by atoms with E-state index in [2.05, 4.69) is 11.3 Å². The molecular weight excluding hydrogens is 324 g/mol. The lowest BCUT2D eigenvalue weighted by atomic mass is 10.1. The van der Waals surface area contributed by atoms with E-state index >= 15 is 0 Å². The van der Waals surface area contributed by atoms with E-state index in [9.17, 15) is 14.4 Å². The molecule has 1 aromatic rings. The van der Waals surface area contributed by atoms with Crippen molar-refractivity contribution < 1.29 is 44.7 Å². The van der Waals surface area contributed by atoms with Gasteiger partial charge in [0.05, 0.1) is 37.6 Å². The molecule has 1 aromatic carbocycles. The maximum atomic E-state index is 10.5. The van der Waals surface area contributed by atoms with Crippen LogP contribution in [0.15, 0.2) is 36.9 Å². The molecule has 0 unspecified atom stereocenters. The molecule has 0 atom stereocenters. The lowest BCUT2D eigenvalue weighted by Crippen LogP contribution is -2.06. The van der Waals surface area contributed by atoms with Crippen LogP contribution < -0.4 is 0 Å². The number of rotatable bonds is 7. The lowest BCUT2D eigenvalue weighted by molar-refractivity contribution is -0.131. The number of aliphatic carboxylic acids is 1. The first-order chi connectivity index (χ1) is 11.3. The molecule has 9 heteroatoms. The molecule has 9 nitrogen and oxygen atoms in total. The molecule has 1 rings (SSSR count). The molecule has 0 saturated heterocycles. The number of carboxylic acid groups (broad SMARTS) is 3. The Labute approximate surface area is 138 Å². The van der Waals surface area contributed by atoms with Gasteiger partial charge in [-0.05, 0) is 12.1 Å². The third-order valence-corrected chi connectivity index (χ3v) is 2.03. The number of hydrogen-bond acceptors (Lipinski definition) is 6. The standard InChI is InChI=1S/C8H6O4.C4H10O3.C3H4O2/c9-7(10)5-3-1-2-4-6(5)8(11)12;5-1-3-7-4-2-6;1-2-3(4)5/h1-4H,(H,9,10)(H,11,12);5-6H,1-4H2;2H,1H2,(H,4,5). The second-order valence-corrected chi connectivity index (χ2v) is 3.76. The minimum Gasteiger partial charge on any atom is -0.478 e. The van der Waals surface area contributed by atoms with Gasteiger partial charge in [-0.3, -0.25) is 0 Å². The van der Waals surface area contributed by atoms with Gasteiger partial charge in [-0.1, -0.05) is 18.7 Å². The Morgan fingerprint density at radius 2 is 1.25 bits per heavy atom. The topological polar surface area (TPSA) is 162 Å². The average molecular weight is 344 g/mol. The fraction of sp³-hybridized carbons (Fsp3) is 0.267. The summed E-state index contributed by atoms with van der Waals surface area (Å²) in [6, 6.07) is 5.48. The number of aromatic carboxylic acids is 2. The van der Waals surface area contributed by atoms with Crippen LogP contribution in [-0.2, 0) is 9.53 Å². The van der Waals surface area contributed by atoms with E-state index in [0.717, 1.165) is 6.08 Å². The molecule has 0 aliphatic heterocycles. The van der Waals surface area contributed by atoms with Crippen molar-refractivity contribution in [3.05, 3.63) is 48.0 Å². The predicted octanol–water partition coefficient (Wildman–Crippen LogP) is 0.328. The summed E-state index contributed by atoms with van der Waals surface area (Å²) in [7, 11) is 0. The van der Waals surface area contributed by atoms with Crippen molar-refractivity contribution >= 4 is 17.9 Å². The van der Waals surface area contributed by atoms with Gasteiger partial charge in [-0.25, -0.2) is 14.4 Å². The Hall–Kier alpha value is -2.75. The predicted molar refractivity (Wildman–Crippen MR) is 83.2 cm³/mol. The fourth-order valence-electron chi connectivity index (χ4n) is 1.09. The van der Waals surface area contributed by atoms with Crippen LogP contribution in [0, 0.1) is 0 Å². The molecule has 0 aliphatic carbocycles. The molecule has 0 spiro atoms. The summed E-state index contributed by atoms with van der Waals surface area (Å²) in [6.45, 7) is 3.66. The summed E-state index contributed by atoms with van der Waals surface area (Å²) in [5.41, 5.74) is -0.380. The first kappa shape index (κ1) is 23.5. The molecular formula is C15H20O9. The molecule has 0 radical (unpaired) electrons. The van der Waals surface area contributed by atoms with Crippen molar-refractivity contribution in [2.45, 2.75) is 0 Å². The molecule has 134 valence electrons. The van der Waals surface area contributed by atoms with Gasteiger partial charge in [-0.2, -0.15) is 0 Å². The Kier molecular flexibility index (Phi) is 14.9. The zero-order valence-electron chi connectivity index (χ0n) is 12.8. The molecule has 0 fully saturated rings. The van der Waals surface area contributed by atoms with Crippen LogP contribution in [0.25, 0.3) is 0 Å². The number of aliphatic hydroxyl groups is 2. The highest BCUT2D eigenvalue weighted by molar-refractivity contribution is 6.01. The molecule has 24 heavy (non-hydrogen) atoms. The van der Waals surface area contributed by atoms with Crippen molar-refractivity contribution in [2.24, 2.45) is 0 Å². The van der Waals surface area contributed by atoms with Crippen LogP contribution in [0.5, 0.6) is 0 Å². The van der Waals surface area contributed by atoms with Gasteiger partial charge in [0.15, 0.2) is 0 Å². The maximum absolute atomic E-state index is 10.5. The van der Waals surface area contributed by atoms with Gasteiger partial charge in [0.25, 0.3) is 0 Å². The van der Waals surface area contributed by atoms with E-state index in [1.165, 1.54) is 24.3 Å². The number of ether oxygens (including phenoxy) is 1. The van der Waals surface area contributed by atoms with Crippen molar-refractivity contribution in [1.29, 1.82) is 0 Å². The van der Waals surface area contributed by atoms with E-state index < -0.39 is 17.9 Å². The number of benzene rings is 1. The highest BCUT2D eigenvalue weighted by atomic mass is 16.5. The maximum Gasteiger partial charge on any atom is 0.336 e. The van der Waals surface area contributed by atoms with Crippen LogP contribution in [0.2, 0.25) is 0 Å². The summed E-state index contributed by atoms with van der Waals surface area (Å²) in [5.74, 6) is -3.44. The zero-order valence-corrected chi connectivity index (χ0v) is 12.8. The van der Waals surface area contributed by atoms with Crippen molar-refractivity contribution in [1.82, 2.24) is 0 Å². The second kappa shape index (κ2) is 15.2. The normalized spacial score (nSPS) is 8.75. The molecule has 0 amide bonds. The quantitative estimate of drug-likeness (QED) is 0.346. The van der Waals surface area contributed by atoms with Crippen LogP contribution in [0.3, 0.4) is 0 Å².